The Morgan fingerprint density at radius 2 is 2.43 bits per heavy atom. The highest BCUT2D eigenvalue weighted by Gasteiger charge is 1.94. The van der Waals surface area contributed by atoms with Gasteiger partial charge in [0.15, 0.2) is 0 Å². The van der Waals surface area contributed by atoms with Crippen molar-refractivity contribution < 1.29 is 0 Å². The minimum Gasteiger partial charge on any atom is -0.326 e. The molecule has 0 aromatic rings. The first-order chi connectivity index (χ1) is 3.31. The number of nitrogens with two attached hydrogens (primary N) is 1. The summed E-state index contributed by atoms with van der Waals surface area (Å²) in [5, 5.41) is 2.63. The Morgan fingerprint density at radius 1 is 1.86 bits per heavy atom. The molecule has 0 saturated carbocycles. The normalized spacial score (nSPS) is 13.4. The second-order valence-electron chi connectivity index (χ2n) is 1.48. The molecule has 0 aliphatic carbocycles. The zero-order valence-corrected chi connectivity index (χ0v) is 4.42. The van der Waals surface area contributed by atoms with Crippen molar-refractivity contribution in [2.24, 2.45) is 10.9 Å². The van der Waals surface area contributed by atoms with E-state index >= 15 is 0 Å². The third-order valence-electron chi connectivity index (χ3n) is 0.833. The largest absolute Gasteiger partial charge is 0.326 e. The van der Waals surface area contributed by atoms with Crippen LogP contribution in [0, 0.1) is 4.91 Å². The van der Waals surface area contributed by atoms with Crippen molar-refractivity contribution in [3.8, 4) is 0 Å². The number of rotatable bonds is 3. The molecule has 0 saturated heterocycles. The molecule has 7 heavy (non-hydrogen) atoms. The monoisotopic (exact) mass is 102 g/mol. The molecule has 0 heterocycles. The van der Waals surface area contributed by atoms with Crippen LogP contribution in [0.2, 0.25) is 0 Å². The Balaban J connectivity index is 2.98. The summed E-state index contributed by atoms with van der Waals surface area (Å²) in [4.78, 5) is 9.44. The van der Waals surface area contributed by atoms with E-state index in [9.17, 15) is 4.91 Å². The predicted octanol–water partition coefficient (Wildman–Crippen LogP) is 0.490. The summed E-state index contributed by atoms with van der Waals surface area (Å²) in [6, 6.07) is -0.0301. The fourth-order valence-electron chi connectivity index (χ4n) is 0.225. The van der Waals surface area contributed by atoms with Gasteiger partial charge in [-0.1, -0.05) is 12.1 Å². The van der Waals surface area contributed by atoms with Crippen molar-refractivity contribution in [2.45, 2.75) is 19.4 Å². The van der Waals surface area contributed by atoms with Crippen molar-refractivity contribution >= 4 is 0 Å². The van der Waals surface area contributed by atoms with Gasteiger partial charge in [0.05, 0.1) is 6.54 Å². The third-order valence-corrected chi connectivity index (χ3v) is 0.833. The van der Waals surface area contributed by atoms with E-state index in [0.29, 0.717) is 0 Å². The lowest BCUT2D eigenvalue weighted by Gasteiger charge is -1.97. The van der Waals surface area contributed by atoms with Crippen LogP contribution in [0.15, 0.2) is 5.18 Å². The standard InChI is InChI=1S/C4H10N2O/c1-2-4(5)3-6-7/h4H,2-3,5H2,1H3/t4-/m0/s1. The molecule has 0 aromatic carbocycles. The summed E-state index contributed by atoms with van der Waals surface area (Å²) in [7, 11) is 0. The minimum absolute atomic E-state index is 0.0301. The minimum atomic E-state index is -0.0301. The van der Waals surface area contributed by atoms with Gasteiger partial charge in [0.1, 0.15) is 0 Å². The van der Waals surface area contributed by atoms with Crippen molar-refractivity contribution in [3.63, 3.8) is 0 Å². The van der Waals surface area contributed by atoms with Crippen LogP contribution in [0.3, 0.4) is 0 Å². The SMILES string of the molecule is CC[C@H](N)CN=O. The van der Waals surface area contributed by atoms with Gasteiger partial charge in [0.2, 0.25) is 0 Å². The second kappa shape index (κ2) is 3.74. The molecule has 3 heteroatoms. The van der Waals surface area contributed by atoms with Gasteiger partial charge in [0, 0.05) is 6.04 Å². The highest BCUT2D eigenvalue weighted by atomic mass is 16.3. The van der Waals surface area contributed by atoms with Crippen LogP contribution in [-0.2, 0) is 0 Å². The Hall–Kier alpha value is -0.440. The first-order valence-electron chi connectivity index (χ1n) is 2.36. The van der Waals surface area contributed by atoms with Gasteiger partial charge in [-0.15, -0.1) is 0 Å². The fourth-order valence-corrected chi connectivity index (χ4v) is 0.225. The topological polar surface area (TPSA) is 55.4 Å². The quantitative estimate of drug-likeness (QED) is 0.527. The Bertz CT molecular complexity index is 55.7. The zero-order chi connectivity index (χ0) is 5.70. The maximum Gasteiger partial charge on any atom is 0.0961 e. The van der Waals surface area contributed by atoms with Crippen LogP contribution < -0.4 is 5.73 Å². The molecule has 0 unspecified atom stereocenters. The van der Waals surface area contributed by atoms with Crippen LogP contribution in [-0.4, -0.2) is 12.6 Å². The Labute approximate surface area is 42.9 Å². The highest BCUT2D eigenvalue weighted by Crippen LogP contribution is 1.83. The van der Waals surface area contributed by atoms with Gasteiger partial charge >= 0.3 is 0 Å². The molecular formula is C4H10N2O. The van der Waals surface area contributed by atoms with E-state index in [-0.39, 0.29) is 12.6 Å². The molecule has 0 radical (unpaired) electrons. The van der Waals surface area contributed by atoms with Gasteiger partial charge in [-0.05, 0) is 6.42 Å². The molecule has 0 spiro atoms. The predicted molar refractivity (Wildman–Crippen MR) is 28.9 cm³/mol. The third kappa shape index (κ3) is 3.39. The zero-order valence-electron chi connectivity index (χ0n) is 4.42. The first kappa shape index (κ1) is 6.56. The van der Waals surface area contributed by atoms with E-state index in [2.05, 4.69) is 5.18 Å². The molecule has 0 aliphatic rings. The van der Waals surface area contributed by atoms with E-state index in [1.807, 2.05) is 6.92 Å². The molecule has 0 aliphatic heterocycles. The first-order valence-corrected chi connectivity index (χ1v) is 2.36. The summed E-state index contributed by atoms with van der Waals surface area (Å²) >= 11 is 0. The van der Waals surface area contributed by atoms with Gasteiger partial charge in [-0.2, -0.15) is 4.91 Å². The van der Waals surface area contributed by atoms with E-state index in [1.54, 1.807) is 0 Å². The van der Waals surface area contributed by atoms with Crippen molar-refractivity contribution in [1.29, 1.82) is 0 Å². The van der Waals surface area contributed by atoms with Gasteiger partial charge in [-0.3, -0.25) is 0 Å². The summed E-state index contributed by atoms with van der Waals surface area (Å²) < 4.78 is 0. The van der Waals surface area contributed by atoms with Crippen LogP contribution in [0.25, 0.3) is 0 Å². The number of hydrogen-bond acceptors (Lipinski definition) is 3. The number of nitroso groups, excluding NO2 is 1. The van der Waals surface area contributed by atoms with Crippen molar-refractivity contribution in [2.75, 3.05) is 6.54 Å². The van der Waals surface area contributed by atoms with E-state index in [0.717, 1.165) is 6.42 Å². The van der Waals surface area contributed by atoms with Crippen molar-refractivity contribution in [1.82, 2.24) is 0 Å². The summed E-state index contributed by atoms with van der Waals surface area (Å²) in [6.07, 6.45) is 0.825. The van der Waals surface area contributed by atoms with E-state index in [4.69, 9.17) is 5.73 Å². The molecule has 2 N–H and O–H groups in total. The molecule has 42 valence electrons. The van der Waals surface area contributed by atoms with E-state index < -0.39 is 0 Å². The lowest BCUT2D eigenvalue weighted by molar-refractivity contribution is 0.659. The lowest BCUT2D eigenvalue weighted by atomic mass is 10.2. The summed E-state index contributed by atoms with van der Waals surface area (Å²) in [5.74, 6) is 0. The molecule has 0 amide bonds. The molecule has 1 atom stereocenters. The highest BCUT2D eigenvalue weighted by molar-refractivity contribution is 4.59. The molecule has 3 nitrogen and oxygen atoms in total. The smallest absolute Gasteiger partial charge is 0.0961 e. The second-order valence-corrected chi connectivity index (χ2v) is 1.48. The molecule has 0 rings (SSSR count). The molecule has 0 fully saturated rings. The Kier molecular flexibility index (Phi) is 3.50. The molecular weight excluding hydrogens is 92.1 g/mol. The van der Waals surface area contributed by atoms with Crippen LogP contribution >= 0.6 is 0 Å². The number of hydrogen-bond donors (Lipinski definition) is 1. The van der Waals surface area contributed by atoms with Gasteiger partial charge < -0.3 is 5.73 Å². The maximum atomic E-state index is 9.44. The van der Waals surface area contributed by atoms with Crippen LogP contribution in [0.1, 0.15) is 13.3 Å². The number of nitrogens with zero attached hydrogens (tertiary/aromatic N) is 1. The lowest BCUT2D eigenvalue weighted by Crippen LogP contribution is -2.21. The van der Waals surface area contributed by atoms with Crippen LogP contribution in [0.4, 0.5) is 0 Å². The fraction of sp³-hybridized carbons (Fsp3) is 1.00. The van der Waals surface area contributed by atoms with Gasteiger partial charge in [0.25, 0.3) is 0 Å². The van der Waals surface area contributed by atoms with Gasteiger partial charge in [-0.25, -0.2) is 0 Å². The van der Waals surface area contributed by atoms with Crippen molar-refractivity contribution in [3.05, 3.63) is 4.91 Å². The maximum absolute atomic E-state index is 9.44. The van der Waals surface area contributed by atoms with Crippen LogP contribution in [0.5, 0.6) is 0 Å². The summed E-state index contributed by atoms with van der Waals surface area (Å²) in [5.41, 5.74) is 5.29. The average Bonchev–Trinajstić information content (AvgIpc) is 1.68. The summed E-state index contributed by atoms with van der Waals surface area (Å²) in [6.45, 7) is 2.17. The molecule has 0 bridgehead atoms. The molecule has 0 aromatic heterocycles. The van der Waals surface area contributed by atoms with E-state index in [1.165, 1.54) is 0 Å². The average molecular weight is 102 g/mol. The Morgan fingerprint density at radius 3 is 2.57 bits per heavy atom.